The highest BCUT2D eigenvalue weighted by Gasteiger charge is 2.60. The summed E-state index contributed by atoms with van der Waals surface area (Å²) in [6, 6.07) is 0.238. The Balaban J connectivity index is 2.95. The van der Waals surface area contributed by atoms with E-state index < -0.39 is 14.6 Å². The third kappa shape index (κ3) is 1.17. The van der Waals surface area contributed by atoms with Gasteiger partial charge in [0, 0.05) is 0 Å². The molecule has 0 aromatic carbocycles. The Morgan fingerprint density at radius 3 is 1.75 bits per heavy atom. The first-order valence-electron chi connectivity index (χ1n) is 4.12. The Kier molecular flexibility index (Phi) is 1.86. The van der Waals surface area contributed by atoms with Gasteiger partial charge in [-0.2, -0.15) is 0 Å². The molecule has 0 radical (unpaired) electrons. The van der Waals surface area contributed by atoms with Crippen LogP contribution in [0.4, 0.5) is 0 Å². The molecule has 12 heavy (non-hydrogen) atoms. The second-order valence-electron chi connectivity index (χ2n) is 5.02. The van der Waals surface area contributed by atoms with Gasteiger partial charge in [-0.15, -0.1) is 0 Å². The Morgan fingerprint density at radius 2 is 1.67 bits per heavy atom. The molecule has 3 nitrogen and oxygen atoms in total. The Bertz CT molecular complexity index is 285. The molecule has 1 atom stereocenters. The number of quaternary nitrogens is 1. The van der Waals surface area contributed by atoms with Crippen molar-refractivity contribution in [1.82, 2.24) is 0 Å². The van der Waals surface area contributed by atoms with Gasteiger partial charge in [0.2, 0.25) is 0 Å². The van der Waals surface area contributed by atoms with Gasteiger partial charge in [-0.3, -0.25) is 0 Å². The molecular formula is C8H18NO2S+. The van der Waals surface area contributed by atoms with Crippen LogP contribution < -0.4 is 0 Å². The van der Waals surface area contributed by atoms with E-state index in [1.54, 1.807) is 0 Å². The summed E-state index contributed by atoms with van der Waals surface area (Å²) in [5.74, 6) is 0.337. The van der Waals surface area contributed by atoms with E-state index in [1.165, 1.54) is 0 Å². The highest BCUT2D eigenvalue weighted by atomic mass is 32.2. The van der Waals surface area contributed by atoms with E-state index in [9.17, 15) is 8.42 Å². The largest absolute Gasteiger partial charge is 0.326 e. The van der Waals surface area contributed by atoms with Crippen LogP contribution >= 0.6 is 0 Å². The third-order valence-electron chi connectivity index (χ3n) is 2.92. The third-order valence-corrected chi connectivity index (χ3v) is 5.55. The summed E-state index contributed by atoms with van der Waals surface area (Å²) < 4.78 is 23.0. The van der Waals surface area contributed by atoms with Crippen LogP contribution in [0.5, 0.6) is 0 Å². The second-order valence-corrected chi connectivity index (χ2v) is 7.63. The van der Waals surface area contributed by atoms with Gasteiger partial charge in [-0.05, 0) is 13.8 Å². The summed E-state index contributed by atoms with van der Waals surface area (Å²) in [5, 5.41) is 0. The molecule has 1 rings (SSSR count). The van der Waals surface area contributed by atoms with Crippen LogP contribution in [0.25, 0.3) is 0 Å². The van der Waals surface area contributed by atoms with Gasteiger partial charge in [0.25, 0.3) is 0 Å². The van der Waals surface area contributed by atoms with Gasteiger partial charge in [0.05, 0.1) is 21.1 Å². The fourth-order valence-electron chi connectivity index (χ4n) is 1.89. The zero-order chi connectivity index (χ0) is 9.78. The molecule has 0 amide bonds. The number of hydrogen-bond donors (Lipinski definition) is 0. The highest BCUT2D eigenvalue weighted by molar-refractivity contribution is 7.94. The SMILES string of the molecule is CC1(C)[C@H]([N+](C)(C)C)CS1(=O)=O. The molecule has 4 heteroatoms. The number of hydrogen-bond acceptors (Lipinski definition) is 2. The molecule has 1 aliphatic rings. The number of rotatable bonds is 1. The summed E-state index contributed by atoms with van der Waals surface area (Å²) >= 11 is 0. The van der Waals surface area contributed by atoms with Crippen molar-refractivity contribution >= 4 is 9.84 Å². The molecule has 0 aromatic rings. The number of sulfone groups is 1. The first-order chi connectivity index (χ1) is 5.09. The summed E-state index contributed by atoms with van der Waals surface area (Å²) in [7, 11) is 3.32. The monoisotopic (exact) mass is 192 g/mol. The van der Waals surface area contributed by atoms with Crippen molar-refractivity contribution in [1.29, 1.82) is 0 Å². The quantitative estimate of drug-likeness (QED) is 0.559. The van der Waals surface area contributed by atoms with Gasteiger partial charge in [0.1, 0.15) is 16.5 Å². The average molecular weight is 192 g/mol. The highest BCUT2D eigenvalue weighted by Crippen LogP contribution is 2.38. The maximum Gasteiger partial charge on any atom is 0.167 e. The normalized spacial score (nSPS) is 32.6. The van der Waals surface area contributed by atoms with Crippen molar-refractivity contribution in [2.45, 2.75) is 24.6 Å². The lowest BCUT2D eigenvalue weighted by atomic mass is 10.0. The van der Waals surface area contributed by atoms with Crippen LogP contribution in [-0.4, -0.2) is 50.6 Å². The van der Waals surface area contributed by atoms with Gasteiger partial charge >= 0.3 is 0 Å². The zero-order valence-electron chi connectivity index (χ0n) is 8.46. The van der Waals surface area contributed by atoms with E-state index in [1.807, 2.05) is 35.0 Å². The topological polar surface area (TPSA) is 34.1 Å². The minimum atomic E-state index is -2.81. The van der Waals surface area contributed by atoms with Crippen LogP contribution in [0.1, 0.15) is 13.8 Å². The first kappa shape index (κ1) is 9.99. The molecule has 1 saturated heterocycles. The van der Waals surface area contributed by atoms with Gasteiger partial charge in [-0.25, -0.2) is 8.42 Å². The summed E-state index contributed by atoms with van der Waals surface area (Å²) in [4.78, 5) is 0. The van der Waals surface area contributed by atoms with Crippen LogP contribution in [0.3, 0.4) is 0 Å². The second kappa shape index (κ2) is 2.23. The fraction of sp³-hybridized carbons (Fsp3) is 1.00. The fourth-order valence-corrected chi connectivity index (χ4v) is 4.11. The summed E-state index contributed by atoms with van der Waals surface area (Å²) in [6.07, 6.45) is 0. The Morgan fingerprint density at radius 1 is 1.25 bits per heavy atom. The van der Waals surface area contributed by atoms with Gasteiger partial charge in [0.15, 0.2) is 9.84 Å². The van der Waals surface area contributed by atoms with Gasteiger partial charge in [-0.1, -0.05) is 0 Å². The maximum absolute atomic E-state index is 11.4. The summed E-state index contributed by atoms with van der Waals surface area (Å²) in [5.41, 5.74) is 0. The van der Waals surface area contributed by atoms with E-state index in [-0.39, 0.29) is 6.04 Å². The maximum atomic E-state index is 11.4. The van der Waals surface area contributed by atoms with E-state index in [4.69, 9.17) is 0 Å². The molecule has 1 aliphatic heterocycles. The van der Waals surface area contributed by atoms with E-state index in [2.05, 4.69) is 0 Å². The zero-order valence-corrected chi connectivity index (χ0v) is 9.27. The van der Waals surface area contributed by atoms with Crippen molar-refractivity contribution < 1.29 is 12.9 Å². The molecule has 0 aliphatic carbocycles. The Hall–Kier alpha value is -0.0900. The average Bonchev–Trinajstić information content (AvgIpc) is 1.81. The molecule has 0 bridgehead atoms. The molecule has 0 aromatic heterocycles. The van der Waals surface area contributed by atoms with Crippen LogP contribution in [-0.2, 0) is 9.84 Å². The predicted octanol–water partition coefficient (Wildman–Crippen LogP) is 0.268. The molecule has 0 N–H and O–H groups in total. The molecule has 0 spiro atoms. The van der Waals surface area contributed by atoms with E-state index >= 15 is 0 Å². The van der Waals surface area contributed by atoms with Crippen LogP contribution in [0.15, 0.2) is 0 Å². The van der Waals surface area contributed by atoms with E-state index in [0.29, 0.717) is 5.75 Å². The molecular weight excluding hydrogens is 174 g/mol. The molecule has 1 fully saturated rings. The first-order valence-corrected chi connectivity index (χ1v) is 5.78. The van der Waals surface area contributed by atoms with Crippen molar-refractivity contribution in [3.8, 4) is 0 Å². The minimum Gasteiger partial charge on any atom is -0.326 e. The van der Waals surface area contributed by atoms with E-state index in [0.717, 1.165) is 4.48 Å². The van der Waals surface area contributed by atoms with Crippen LogP contribution in [0, 0.1) is 0 Å². The molecule has 1 heterocycles. The minimum absolute atomic E-state index is 0.238. The number of nitrogens with zero attached hydrogens (tertiary/aromatic N) is 1. The van der Waals surface area contributed by atoms with Crippen molar-refractivity contribution in [3.63, 3.8) is 0 Å². The van der Waals surface area contributed by atoms with Crippen molar-refractivity contribution in [2.75, 3.05) is 26.9 Å². The lowest BCUT2D eigenvalue weighted by Crippen LogP contribution is -2.70. The molecule has 72 valence electrons. The van der Waals surface area contributed by atoms with Crippen molar-refractivity contribution in [2.24, 2.45) is 0 Å². The lowest BCUT2D eigenvalue weighted by molar-refractivity contribution is -0.897. The predicted molar refractivity (Wildman–Crippen MR) is 49.7 cm³/mol. The summed E-state index contributed by atoms with van der Waals surface area (Å²) in [6.45, 7) is 3.64. The Labute approximate surface area is 74.9 Å². The molecule has 0 saturated carbocycles. The van der Waals surface area contributed by atoms with Crippen molar-refractivity contribution in [3.05, 3.63) is 0 Å². The molecule has 0 unspecified atom stereocenters. The smallest absolute Gasteiger partial charge is 0.167 e. The standard InChI is InChI=1S/C8H18NO2S/c1-8(2)7(9(3,4)5)6-12(8,10)11/h7H,6H2,1-5H3/q+1/t7-/m1/s1. The lowest BCUT2D eigenvalue weighted by Gasteiger charge is -2.50. The van der Waals surface area contributed by atoms with Gasteiger partial charge < -0.3 is 4.48 Å². The van der Waals surface area contributed by atoms with Crippen LogP contribution in [0.2, 0.25) is 0 Å².